The summed E-state index contributed by atoms with van der Waals surface area (Å²) in [4.78, 5) is 0. The summed E-state index contributed by atoms with van der Waals surface area (Å²) in [5.74, 6) is -6.64. The van der Waals surface area contributed by atoms with Gasteiger partial charge in [0.15, 0.2) is 34.8 Å². The second-order valence-electron chi connectivity index (χ2n) is 9.99. The Morgan fingerprint density at radius 2 is 1.41 bits per heavy atom. The van der Waals surface area contributed by atoms with Crippen molar-refractivity contribution in [3.8, 4) is 5.75 Å². The van der Waals surface area contributed by atoms with Crippen molar-refractivity contribution >= 4 is 5.57 Å². The zero-order chi connectivity index (χ0) is 28.1. The third-order valence-corrected chi connectivity index (χ3v) is 7.49. The summed E-state index contributed by atoms with van der Waals surface area (Å²) in [6.45, 7) is 3.29. The second-order valence-corrected chi connectivity index (χ2v) is 9.99. The highest BCUT2D eigenvalue weighted by molar-refractivity contribution is 5.67. The van der Waals surface area contributed by atoms with Gasteiger partial charge in [0.25, 0.3) is 0 Å². The van der Waals surface area contributed by atoms with Crippen molar-refractivity contribution in [1.82, 2.24) is 0 Å². The molecular weight excluding hydrogens is 514 g/mol. The topological polar surface area (TPSA) is 9.23 Å². The number of ether oxygens (including phenoxy) is 1. The van der Waals surface area contributed by atoms with E-state index in [2.05, 4.69) is 0 Å². The Labute approximate surface area is 225 Å². The predicted octanol–water partition coefficient (Wildman–Crippen LogP) is 9.75. The summed E-state index contributed by atoms with van der Waals surface area (Å²) < 4.78 is 92.9. The van der Waals surface area contributed by atoms with E-state index in [4.69, 9.17) is 4.74 Å². The van der Waals surface area contributed by atoms with E-state index in [0.717, 1.165) is 19.3 Å². The summed E-state index contributed by atoms with van der Waals surface area (Å²) in [7, 11) is 0. The Bertz CT molecular complexity index is 1360. The highest BCUT2D eigenvalue weighted by Crippen LogP contribution is 2.39. The van der Waals surface area contributed by atoms with Crippen molar-refractivity contribution in [1.29, 1.82) is 0 Å². The minimum atomic E-state index is -1.15. The number of halogens is 6. The maximum absolute atomic E-state index is 15.0. The number of hydrogen-bond acceptors (Lipinski definition) is 1. The molecule has 0 heterocycles. The molecule has 0 N–H and O–H groups in total. The first-order valence-corrected chi connectivity index (χ1v) is 13.5. The molecule has 1 nitrogen and oxygen atoms in total. The van der Waals surface area contributed by atoms with Gasteiger partial charge in [0.2, 0.25) is 5.82 Å². The van der Waals surface area contributed by atoms with Gasteiger partial charge in [0.05, 0.1) is 0 Å². The van der Waals surface area contributed by atoms with Crippen molar-refractivity contribution in [2.24, 2.45) is 0 Å². The third kappa shape index (κ3) is 6.18. The minimum absolute atomic E-state index is 0.0799. The normalized spacial score (nSPS) is 15.4. The van der Waals surface area contributed by atoms with E-state index in [1.807, 2.05) is 6.92 Å². The lowest BCUT2D eigenvalue weighted by Crippen LogP contribution is -2.10. The largest absolute Gasteiger partial charge is 0.486 e. The van der Waals surface area contributed by atoms with Gasteiger partial charge in [-0.1, -0.05) is 63.1 Å². The molecule has 0 bridgehead atoms. The number of rotatable bonds is 10. The van der Waals surface area contributed by atoms with Gasteiger partial charge in [-0.15, -0.1) is 0 Å². The molecule has 1 unspecified atom stereocenters. The Balaban J connectivity index is 1.45. The lowest BCUT2D eigenvalue weighted by molar-refractivity contribution is 0.277. The molecule has 1 aliphatic rings. The molecule has 0 radical (unpaired) electrons. The van der Waals surface area contributed by atoms with E-state index in [-0.39, 0.29) is 33.9 Å². The molecule has 0 fully saturated rings. The van der Waals surface area contributed by atoms with Gasteiger partial charge in [-0.3, -0.25) is 0 Å². The molecule has 0 spiro atoms. The van der Waals surface area contributed by atoms with Gasteiger partial charge in [-0.2, -0.15) is 4.39 Å². The van der Waals surface area contributed by atoms with Crippen LogP contribution in [0.2, 0.25) is 0 Å². The summed E-state index contributed by atoms with van der Waals surface area (Å²) >= 11 is 0. The van der Waals surface area contributed by atoms with Gasteiger partial charge in [-0.25, -0.2) is 22.0 Å². The van der Waals surface area contributed by atoms with Crippen LogP contribution in [-0.2, 0) is 19.4 Å². The monoisotopic (exact) mass is 546 g/mol. The van der Waals surface area contributed by atoms with Crippen LogP contribution < -0.4 is 4.74 Å². The average molecular weight is 547 g/mol. The zero-order valence-corrected chi connectivity index (χ0v) is 22.2. The van der Waals surface area contributed by atoms with Gasteiger partial charge in [0, 0.05) is 11.1 Å². The highest BCUT2D eigenvalue weighted by atomic mass is 19.2. The van der Waals surface area contributed by atoms with Crippen LogP contribution in [0.15, 0.2) is 42.5 Å². The fraction of sp³-hybridized carbons (Fsp3) is 0.375. The molecule has 1 aliphatic carbocycles. The van der Waals surface area contributed by atoms with Crippen LogP contribution in [-0.4, -0.2) is 0 Å². The molecular formula is C32H32F6O. The minimum Gasteiger partial charge on any atom is -0.486 e. The number of aryl methyl sites for hydroxylation is 2. The summed E-state index contributed by atoms with van der Waals surface area (Å²) in [6, 6.07) is 8.72. The van der Waals surface area contributed by atoms with Crippen molar-refractivity contribution < 1.29 is 31.1 Å². The van der Waals surface area contributed by atoms with Crippen LogP contribution in [0.5, 0.6) is 5.75 Å². The number of benzene rings is 3. The van der Waals surface area contributed by atoms with Crippen molar-refractivity contribution in [3.05, 3.63) is 105 Å². The number of allylic oxidation sites excluding steroid dienone is 2. The lowest BCUT2D eigenvalue weighted by Gasteiger charge is -2.24. The quantitative estimate of drug-likeness (QED) is 0.182. The molecule has 0 saturated heterocycles. The van der Waals surface area contributed by atoms with Crippen LogP contribution in [0, 0.1) is 34.9 Å². The summed E-state index contributed by atoms with van der Waals surface area (Å²) in [5.41, 5.74) is 1.38. The van der Waals surface area contributed by atoms with Crippen LogP contribution in [0.3, 0.4) is 0 Å². The maximum Gasteiger partial charge on any atom is 0.200 e. The molecule has 7 heteroatoms. The fourth-order valence-electron chi connectivity index (χ4n) is 5.10. The standard InChI is InChI=1S/C32H32F6O/c1-3-5-6-7-22-14-17-26(32(38)28(22)34)39-18-23-13-16-25(31(37)29(23)35)21-10-8-20(9-11-21)24-15-12-19(4-2)27(33)30(24)36/h10,12-17,20H,3-9,11,18H2,1-2H3. The average Bonchev–Trinajstić information content (AvgIpc) is 2.94. The van der Waals surface area contributed by atoms with Crippen molar-refractivity contribution in [3.63, 3.8) is 0 Å². The molecule has 3 aromatic carbocycles. The fourth-order valence-corrected chi connectivity index (χ4v) is 5.10. The summed E-state index contributed by atoms with van der Waals surface area (Å²) in [6.07, 6.45) is 6.31. The van der Waals surface area contributed by atoms with Crippen molar-refractivity contribution in [2.75, 3.05) is 0 Å². The summed E-state index contributed by atoms with van der Waals surface area (Å²) in [5, 5.41) is 0. The van der Waals surface area contributed by atoms with Crippen LogP contribution in [0.1, 0.15) is 86.1 Å². The Morgan fingerprint density at radius 3 is 2.10 bits per heavy atom. The molecule has 0 aliphatic heterocycles. The van der Waals surface area contributed by atoms with E-state index in [1.54, 1.807) is 25.1 Å². The Morgan fingerprint density at radius 1 is 0.718 bits per heavy atom. The third-order valence-electron chi connectivity index (χ3n) is 7.49. The Kier molecular flexibility index (Phi) is 9.41. The van der Waals surface area contributed by atoms with Crippen LogP contribution in [0.4, 0.5) is 26.3 Å². The van der Waals surface area contributed by atoms with Gasteiger partial charge in [-0.05, 0) is 72.8 Å². The SMILES string of the molecule is CCCCCc1ccc(OCc2ccc(C3=CCC(c4ccc(CC)c(F)c4F)CC3)c(F)c2F)c(F)c1F. The molecule has 0 amide bonds. The predicted molar refractivity (Wildman–Crippen MR) is 141 cm³/mol. The smallest absolute Gasteiger partial charge is 0.200 e. The first-order valence-electron chi connectivity index (χ1n) is 13.5. The van der Waals surface area contributed by atoms with Crippen LogP contribution in [0.25, 0.3) is 5.57 Å². The molecule has 0 aromatic heterocycles. The first-order chi connectivity index (χ1) is 18.8. The lowest BCUT2D eigenvalue weighted by atomic mass is 9.82. The van der Waals surface area contributed by atoms with Crippen molar-refractivity contribution in [2.45, 2.75) is 77.7 Å². The second kappa shape index (κ2) is 12.8. The van der Waals surface area contributed by atoms with E-state index in [9.17, 15) is 22.0 Å². The molecule has 3 aromatic rings. The maximum atomic E-state index is 15.0. The first kappa shape index (κ1) is 28.8. The van der Waals surface area contributed by atoms with E-state index in [0.29, 0.717) is 43.2 Å². The van der Waals surface area contributed by atoms with E-state index in [1.165, 1.54) is 24.3 Å². The van der Waals surface area contributed by atoms with Gasteiger partial charge >= 0.3 is 0 Å². The molecule has 1 atom stereocenters. The van der Waals surface area contributed by atoms with Gasteiger partial charge in [0.1, 0.15) is 6.61 Å². The number of hydrogen-bond donors (Lipinski definition) is 0. The van der Waals surface area contributed by atoms with E-state index < -0.39 is 41.5 Å². The highest BCUT2D eigenvalue weighted by Gasteiger charge is 2.25. The molecule has 39 heavy (non-hydrogen) atoms. The van der Waals surface area contributed by atoms with E-state index >= 15 is 4.39 Å². The number of unbranched alkanes of at least 4 members (excludes halogenated alkanes) is 2. The Hall–Kier alpha value is -3.22. The zero-order valence-electron chi connectivity index (χ0n) is 22.2. The van der Waals surface area contributed by atoms with Crippen LogP contribution >= 0.6 is 0 Å². The molecule has 208 valence electrons. The molecule has 0 saturated carbocycles. The molecule has 4 rings (SSSR count). The van der Waals surface area contributed by atoms with Gasteiger partial charge < -0.3 is 4.74 Å².